The lowest BCUT2D eigenvalue weighted by atomic mass is 10.1. The smallest absolute Gasteiger partial charge is 0.405 e. The van der Waals surface area contributed by atoms with Crippen LogP contribution in [0.4, 0.5) is 18.9 Å². The highest BCUT2D eigenvalue weighted by Crippen LogP contribution is 2.29. The first-order chi connectivity index (χ1) is 14.7. The maximum Gasteiger partial charge on any atom is 0.405 e. The molecule has 8 nitrogen and oxygen atoms in total. The largest absolute Gasteiger partial charge is 0.461 e. The average molecular weight is 440 g/mol. The minimum Gasteiger partial charge on any atom is -0.461 e. The number of carbonyl (C=O) groups excluding carboxylic acids is 3. The Kier molecular flexibility index (Phi) is 6.81. The lowest BCUT2D eigenvalue weighted by Crippen LogP contribution is -2.52. The monoisotopic (exact) mass is 440 g/mol. The molecule has 0 aliphatic carbocycles. The van der Waals surface area contributed by atoms with Crippen molar-refractivity contribution in [3.63, 3.8) is 0 Å². The van der Waals surface area contributed by atoms with Crippen LogP contribution >= 0.6 is 0 Å². The van der Waals surface area contributed by atoms with Crippen LogP contribution in [0.5, 0.6) is 0 Å². The van der Waals surface area contributed by atoms with Gasteiger partial charge in [0.25, 0.3) is 0 Å². The fourth-order valence-electron chi connectivity index (χ4n) is 3.66. The van der Waals surface area contributed by atoms with E-state index in [1.54, 1.807) is 37.3 Å². The van der Waals surface area contributed by atoms with E-state index in [0.717, 1.165) is 0 Å². The summed E-state index contributed by atoms with van der Waals surface area (Å²) < 4.78 is 42.4. The summed E-state index contributed by atoms with van der Waals surface area (Å²) in [5.41, 5.74) is 0.638. The third kappa shape index (κ3) is 5.33. The van der Waals surface area contributed by atoms with Crippen LogP contribution in [0.15, 0.2) is 35.4 Å². The predicted molar refractivity (Wildman–Crippen MR) is 105 cm³/mol. The van der Waals surface area contributed by atoms with Crippen molar-refractivity contribution < 1.29 is 32.3 Å². The van der Waals surface area contributed by atoms with Crippen molar-refractivity contribution in [1.82, 2.24) is 10.2 Å². The number of alkyl halides is 3. The molecule has 1 aromatic rings. The van der Waals surface area contributed by atoms with Gasteiger partial charge in [-0.1, -0.05) is 18.2 Å². The number of para-hydroxylation sites is 1. The standard InChI is InChI=1S/C20H23F3N4O4/c1-2-31-19(30)14-11-16(27(25-14)13-7-4-3-5-8-13)18(29)26-10-6-9-15(26)17(28)24-12-20(21,22)23/h3-5,7-8,15-16H,2,6,9-12H2,1H3,(H,24,28). The van der Waals surface area contributed by atoms with E-state index < -0.39 is 42.6 Å². The molecule has 1 saturated heterocycles. The number of halogens is 3. The lowest BCUT2D eigenvalue weighted by Gasteiger charge is -2.30. The van der Waals surface area contributed by atoms with Crippen molar-refractivity contribution in [2.75, 3.05) is 24.7 Å². The van der Waals surface area contributed by atoms with Crippen molar-refractivity contribution in [3.05, 3.63) is 30.3 Å². The first-order valence-electron chi connectivity index (χ1n) is 9.95. The Hall–Kier alpha value is -3.11. The van der Waals surface area contributed by atoms with Gasteiger partial charge in [-0.2, -0.15) is 18.3 Å². The Bertz CT molecular complexity index is 860. The summed E-state index contributed by atoms with van der Waals surface area (Å²) in [7, 11) is 0. The third-order valence-corrected chi connectivity index (χ3v) is 5.03. The van der Waals surface area contributed by atoms with Crippen molar-refractivity contribution in [3.8, 4) is 0 Å². The van der Waals surface area contributed by atoms with Crippen LogP contribution in [0.2, 0.25) is 0 Å². The van der Waals surface area contributed by atoms with Crippen LogP contribution in [0.1, 0.15) is 26.2 Å². The van der Waals surface area contributed by atoms with Gasteiger partial charge in [0.1, 0.15) is 24.3 Å². The second-order valence-corrected chi connectivity index (χ2v) is 7.19. The van der Waals surface area contributed by atoms with Gasteiger partial charge in [0.15, 0.2) is 0 Å². The number of ether oxygens (including phenoxy) is 1. The molecule has 1 N–H and O–H groups in total. The van der Waals surface area contributed by atoms with Gasteiger partial charge in [-0.25, -0.2) is 4.79 Å². The second-order valence-electron chi connectivity index (χ2n) is 7.19. The average Bonchev–Trinajstić information content (AvgIpc) is 3.39. The van der Waals surface area contributed by atoms with Crippen LogP contribution in [-0.4, -0.2) is 66.4 Å². The van der Waals surface area contributed by atoms with Crippen molar-refractivity contribution >= 4 is 29.2 Å². The molecule has 11 heteroatoms. The molecule has 2 unspecified atom stereocenters. The summed E-state index contributed by atoms with van der Waals surface area (Å²) in [5.74, 6) is -1.96. The second kappa shape index (κ2) is 9.36. The summed E-state index contributed by atoms with van der Waals surface area (Å²) in [6.45, 7) is 0.575. The Balaban J connectivity index is 1.79. The Morgan fingerprint density at radius 3 is 2.55 bits per heavy atom. The number of likely N-dealkylation sites (tertiary alicyclic amines) is 1. The molecular weight excluding hydrogens is 417 g/mol. The number of nitrogens with one attached hydrogen (secondary N) is 1. The van der Waals surface area contributed by atoms with Crippen LogP contribution in [0.3, 0.4) is 0 Å². The summed E-state index contributed by atoms with van der Waals surface area (Å²) in [5, 5.41) is 7.52. The van der Waals surface area contributed by atoms with E-state index in [1.807, 2.05) is 5.32 Å². The van der Waals surface area contributed by atoms with Crippen molar-refractivity contribution in [2.24, 2.45) is 5.10 Å². The summed E-state index contributed by atoms with van der Waals surface area (Å²) in [6.07, 6.45) is -3.82. The van der Waals surface area contributed by atoms with Gasteiger partial charge in [-0.3, -0.25) is 14.6 Å². The molecule has 2 amide bonds. The highest BCUT2D eigenvalue weighted by molar-refractivity contribution is 6.38. The van der Waals surface area contributed by atoms with Gasteiger partial charge in [-0.15, -0.1) is 0 Å². The van der Waals surface area contributed by atoms with Crippen molar-refractivity contribution in [2.45, 2.75) is 44.4 Å². The van der Waals surface area contributed by atoms with E-state index >= 15 is 0 Å². The number of hydrogen-bond acceptors (Lipinski definition) is 6. The maximum absolute atomic E-state index is 13.3. The summed E-state index contributed by atoms with van der Waals surface area (Å²) in [6, 6.07) is 6.81. The molecule has 1 fully saturated rings. The molecule has 0 spiro atoms. The quantitative estimate of drug-likeness (QED) is 0.682. The highest BCUT2D eigenvalue weighted by atomic mass is 19.4. The van der Waals surface area contributed by atoms with Crippen LogP contribution in [-0.2, 0) is 19.1 Å². The zero-order chi connectivity index (χ0) is 22.6. The number of benzene rings is 1. The Morgan fingerprint density at radius 2 is 1.90 bits per heavy atom. The fourth-order valence-corrected chi connectivity index (χ4v) is 3.66. The molecule has 168 valence electrons. The number of nitrogens with zero attached hydrogens (tertiary/aromatic N) is 3. The summed E-state index contributed by atoms with van der Waals surface area (Å²) >= 11 is 0. The van der Waals surface area contributed by atoms with E-state index in [0.29, 0.717) is 12.1 Å². The normalized spacial score (nSPS) is 21.1. The van der Waals surface area contributed by atoms with Gasteiger partial charge in [0, 0.05) is 13.0 Å². The minimum absolute atomic E-state index is 0.0278. The first kappa shape index (κ1) is 22.6. The molecule has 2 atom stereocenters. The van der Waals surface area contributed by atoms with Crippen LogP contribution in [0, 0.1) is 0 Å². The highest BCUT2D eigenvalue weighted by Gasteiger charge is 2.44. The number of amides is 2. The topological polar surface area (TPSA) is 91.3 Å². The molecule has 2 aliphatic rings. The number of hydrazone groups is 1. The van der Waals surface area contributed by atoms with Crippen molar-refractivity contribution in [1.29, 1.82) is 0 Å². The van der Waals surface area contributed by atoms with E-state index in [1.165, 1.54) is 9.91 Å². The van der Waals surface area contributed by atoms with Gasteiger partial charge < -0.3 is 15.0 Å². The molecule has 0 saturated carbocycles. The molecule has 31 heavy (non-hydrogen) atoms. The van der Waals surface area contributed by atoms with Crippen LogP contribution in [0.25, 0.3) is 0 Å². The van der Waals surface area contributed by atoms with Gasteiger partial charge in [-0.05, 0) is 31.9 Å². The van der Waals surface area contributed by atoms with Gasteiger partial charge >= 0.3 is 12.1 Å². The number of hydrogen-bond donors (Lipinski definition) is 1. The molecular formula is C20H23F3N4O4. The summed E-state index contributed by atoms with van der Waals surface area (Å²) in [4.78, 5) is 39.1. The molecule has 0 bridgehead atoms. The molecule has 2 heterocycles. The Labute approximate surface area is 177 Å². The van der Waals surface area contributed by atoms with Gasteiger partial charge in [0.2, 0.25) is 11.8 Å². The zero-order valence-electron chi connectivity index (χ0n) is 16.9. The van der Waals surface area contributed by atoms with E-state index in [-0.39, 0.29) is 31.7 Å². The number of carbonyl (C=O) groups is 3. The van der Waals surface area contributed by atoms with Crippen LogP contribution < -0.4 is 10.3 Å². The molecule has 3 rings (SSSR count). The maximum atomic E-state index is 13.3. The number of anilines is 1. The predicted octanol–water partition coefficient (Wildman–Crippen LogP) is 1.85. The molecule has 0 aromatic heterocycles. The fraction of sp³-hybridized carbons (Fsp3) is 0.500. The third-order valence-electron chi connectivity index (χ3n) is 5.03. The SMILES string of the molecule is CCOC(=O)C1=NN(c2ccccc2)C(C(=O)N2CCCC2C(=O)NCC(F)(F)F)C1. The minimum atomic E-state index is -4.54. The molecule has 1 aromatic carbocycles. The zero-order valence-corrected chi connectivity index (χ0v) is 16.9. The lowest BCUT2D eigenvalue weighted by molar-refractivity contribution is -0.145. The molecule has 2 aliphatic heterocycles. The van der Waals surface area contributed by atoms with E-state index in [2.05, 4.69) is 5.10 Å². The molecule has 0 radical (unpaired) electrons. The number of esters is 1. The first-order valence-corrected chi connectivity index (χ1v) is 9.95. The van der Waals surface area contributed by atoms with Gasteiger partial charge in [0.05, 0.1) is 12.3 Å². The number of rotatable bonds is 6. The Morgan fingerprint density at radius 1 is 1.19 bits per heavy atom. The van der Waals surface area contributed by atoms with E-state index in [9.17, 15) is 27.6 Å². The van der Waals surface area contributed by atoms with E-state index in [4.69, 9.17) is 4.74 Å².